The Bertz CT molecular complexity index is 993. The molecule has 2 aromatic carbocycles. The molecular formula is C23H23N3O2S. The molecule has 0 aliphatic carbocycles. The lowest BCUT2D eigenvalue weighted by Gasteiger charge is -2.31. The Morgan fingerprint density at radius 1 is 1.21 bits per heavy atom. The van der Waals surface area contributed by atoms with E-state index in [1.165, 1.54) is 11.8 Å². The summed E-state index contributed by atoms with van der Waals surface area (Å²) in [7, 11) is 0. The van der Waals surface area contributed by atoms with E-state index in [-0.39, 0.29) is 5.91 Å². The summed E-state index contributed by atoms with van der Waals surface area (Å²) in [5, 5.41) is 13.6. The third-order valence-corrected chi connectivity index (χ3v) is 5.52. The number of allylic oxidation sites excluding steroid dienone is 1. The van der Waals surface area contributed by atoms with E-state index in [4.69, 9.17) is 4.74 Å². The van der Waals surface area contributed by atoms with Gasteiger partial charge in [0.15, 0.2) is 0 Å². The van der Waals surface area contributed by atoms with Crippen molar-refractivity contribution in [3.05, 3.63) is 71.4 Å². The number of anilines is 1. The van der Waals surface area contributed by atoms with Crippen LogP contribution in [0.3, 0.4) is 0 Å². The molecule has 0 saturated carbocycles. The first kappa shape index (κ1) is 20.7. The number of para-hydroxylation sites is 2. The van der Waals surface area contributed by atoms with Crippen molar-refractivity contribution in [3.63, 3.8) is 0 Å². The Morgan fingerprint density at radius 2 is 1.90 bits per heavy atom. The van der Waals surface area contributed by atoms with Crippen LogP contribution in [0.2, 0.25) is 0 Å². The number of rotatable bonds is 5. The smallest absolute Gasteiger partial charge is 0.254 e. The molecule has 1 amide bonds. The summed E-state index contributed by atoms with van der Waals surface area (Å²) in [6.07, 6.45) is 1.90. The van der Waals surface area contributed by atoms with Crippen molar-refractivity contribution in [1.82, 2.24) is 0 Å². The summed E-state index contributed by atoms with van der Waals surface area (Å²) in [6, 6.07) is 19.2. The second-order valence-corrected chi connectivity index (χ2v) is 7.36. The topological polar surface area (TPSA) is 74.5 Å². The Morgan fingerprint density at radius 3 is 2.55 bits per heavy atom. The minimum absolute atomic E-state index is 0.255. The fourth-order valence-corrected chi connectivity index (χ4v) is 4.19. The van der Waals surface area contributed by atoms with Gasteiger partial charge in [-0.2, -0.15) is 5.26 Å². The fraction of sp³-hybridized carbons (Fsp3) is 0.261. The molecule has 0 spiro atoms. The van der Waals surface area contributed by atoms with E-state index in [9.17, 15) is 10.1 Å². The molecule has 6 heteroatoms. The highest BCUT2D eigenvalue weighted by Crippen LogP contribution is 2.44. The lowest BCUT2D eigenvalue weighted by atomic mass is 9.78. The molecule has 29 heavy (non-hydrogen) atoms. The Hall–Kier alpha value is -3.04. The van der Waals surface area contributed by atoms with Crippen molar-refractivity contribution >= 4 is 28.4 Å². The van der Waals surface area contributed by atoms with E-state index in [1.807, 2.05) is 74.7 Å². The average Bonchev–Trinajstić information content (AvgIpc) is 2.74. The number of nitrogens with one attached hydrogen (secondary N) is 1. The maximum atomic E-state index is 13.3. The third-order valence-electron chi connectivity index (χ3n) is 4.76. The van der Waals surface area contributed by atoms with Gasteiger partial charge in [-0.1, -0.05) is 36.4 Å². The largest absolute Gasteiger partial charge is 0.494 e. The zero-order valence-corrected chi connectivity index (χ0v) is 17.5. The van der Waals surface area contributed by atoms with Crippen molar-refractivity contribution in [2.45, 2.75) is 19.8 Å². The highest BCUT2D eigenvalue weighted by atomic mass is 32.2. The number of nitriles is 1. The molecule has 1 heterocycles. The summed E-state index contributed by atoms with van der Waals surface area (Å²) in [6.45, 7) is 4.23. The molecule has 0 saturated heterocycles. The molecule has 1 N–H and O–H groups in total. The number of carbonyl (C=O) groups excluding carboxylic acids is 1. The molecule has 0 aromatic heterocycles. The van der Waals surface area contributed by atoms with Crippen LogP contribution in [0.1, 0.15) is 25.3 Å². The van der Waals surface area contributed by atoms with Gasteiger partial charge in [-0.15, -0.1) is 11.8 Å². The highest BCUT2D eigenvalue weighted by molar-refractivity contribution is 8.13. The number of carbonyl (C=O) groups is 1. The van der Waals surface area contributed by atoms with Crippen LogP contribution in [0.25, 0.3) is 0 Å². The van der Waals surface area contributed by atoms with Gasteiger partial charge in [0.2, 0.25) is 0 Å². The van der Waals surface area contributed by atoms with E-state index in [0.717, 1.165) is 5.56 Å². The molecule has 2 atom stereocenters. The zero-order chi connectivity index (χ0) is 20.8. The quantitative estimate of drug-likeness (QED) is 0.760. The lowest BCUT2D eigenvalue weighted by molar-refractivity contribution is -0.113. The molecule has 3 rings (SSSR count). The maximum absolute atomic E-state index is 13.3. The monoisotopic (exact) mass is 405 g/mol. The Kier molecular flexibility index (Phi) is 6.73. The van der Waals surface area contributed by atoms with Crippen LogP contribution in [0.15, 0.2) is 70.9 Å². The number of amides is 1. The van der Waals surface area contributed by atoms with Gasteiger partial charge in [-0.3, -0.25) is 4.79 Å². The number of hydrogen-bond donors (Lipinski definition) is 1. The molecule has 0 bridgehead atoms. The lowest BCUT2D eigenvalue weighted by Crippen LogP contribution is -2.31. The number of ether oxygens (including phenoxy) is 1. The molecule has 148 valence electrons. The van der Waals surface area contributed by atoms with Gasteiger partial charge in [0.1, 0.15) is 11.7 Å². The van der Waals surface area contributed by atoms with Crippen LogP contribution in [0, 0.1) is 17.2 Å². The molecule has 0 fully saturated rings. The standard InChI is InChI=1S/C23H23N3O2S/c1-4-28-19-13-9-8-12-17(19)21-18(14-24)23(29-3)25-15(2)20(21)22(27)26-16-10-6-5-7-11-16/h5-13,18,21H,4H2,1-3H3,(H,26,27)/t18?,21-/m1/s1. The maximum Gasteiger partial charge on any atom is 0.254 e. The minimum Gasteiger partial charge on any atom is -0.494 e. The van der Waals surface area contributed by atoms with Crippen LogP contribution in [0.5, 0.6) is 5.75 Å². The molecule has 1 aliphatic rings. The Labute approximate surface area is 175 Å². The van der Waals surface area contributed by atoms with Gasteiger partial charge in [0.05, 0.1) is 17.7 Å². The molecule has 5 nitrogen and oxygen atoms in total. The third kappa shape index (κ3) is 4.36. The second kappa shape index (κ2) is 9.44. The molecular weight excluding hydrogens is 382 g/mol. The summed E-state index contributed by atoms with van der Waals surface area (Å²) in [5.41, 5.74) is 2.62. The second-order valence-electron chi connectivity index (χ2n) is 6.53. The zero-order valence-electron chi connectivity index (χ0n) is 16.7. The summed E-state index contributed by atoms with van der Waals surface area (Å²) >= 11 is 1.44. The average molecular weight is 406 g/mol. The van der Waals surface area contributed by atoms with Crippen LogP contribution in [-0.4, -0.2) is 23.8 Å². The van der Waals surface area contributed by atoms with Crippen molar-refractivity contribution in [3.8, 4) is 11.8 Å². The van der Waals surface area contributed by atoms with Gasteiger partial charge in [0, 0.05) is 28.4 Å². The van der Waals surface area contributed by atoms with Gasteiger partial charge in [0.25, 0.3) is 5.91 Å². The predicted molar refractivity (Wildman–Crippen MR) is 118 cm³/mol. The minimum atomic E-state index is -0.563. The van der Waals surface area contributed by atoms with Gasteiger partial charge in [-0.25, -0.2) is 4.99 Å². The van der Waals surface area contributed by atoms with Gasteiger partial charge in [-0.05, 0) is 38.3 Å². The summed E-state index contributed by atoms with van der Waals surface area (Å²) < 4.78 is 5.82. The van der Waals surface area contributed by atoms with E-state index in [1.54, 1.807) is 0 Å². The van der Waals surface area contributed by atoms with Crippen molar-refractivity contribution in [2.75, 3.05) is 18.2 Å². The number of thioether (sulfide) groups is 1. The van der Waals surface area contributed by atoms with E-state index >= 15 is 0 Å². The highest BCUT2D eigenvalue weighted by Gasteiger charge is 2.39. The van der Waals surface area contributed by atoms with Crippen molar-refractivity contribution < 1.29 is 9.53 Å². The molecule has 0 radical (unpaired) electrons. The van der Waals surface area contributed by atoms with Gasteiger partial charge < -0.3 is 10.1 Å². The Balaban J connectivity index is 2.12. The predicted octanol–water partition coefficient (Wildman–Crippen LogP) is 5.00. The molecule has 1 aliphatic heterocycles. The summed E-state index contributed by atoms with van der Waals surface area (Å²) in [4.78, 5) is 17.9. The van der Waals surface area contributed by atoms with E-state index < -0.39 is 11.8 Å². The number of hydrogen-bond acceptors (Lipinski definition) is 5. The first-order valence-corrected chi connectivity index (χ1v) is 10.6. The number of benzene rings is 2. The first-order chi connectivity index (χ1) is 14.1. The van der Waals surface area contributed by atoms with Crippen LogP contribution >= 0.6 is 11.8 Å². The summed E-state index contributed by atoms with van der Waals surface area (Å²) in [5.74, 6) is -0.604. The van der Waals surface area contributed by atoms with Crippen molar-refractivity contribution in [1.29, 1.82) is 5.26 Å². The molecule has 2 aromatic rings. The number of nitrogens with zero attached hydrogens (tertiary/aromatic N) is 2. The van der Waals surface area contributed by atoms with Crippen LogP contribution < -0.4 is 10.1 Å². The van der Waals surface area contributed by atoms with E-state index in [2.05, 4.69) is 16.4 Å². The normalized spacial score (nSPS) is 18.6. The first-order valence-electron chi connectivity index (χ1n) is 9.41. The van der Waals surface area contributed by atoms with E-state index in [0.29, 0.717) is 34.4 Å². The van der Waals surface area contributed by atoms with Crippen LogP contribution in [0.4, 0.5) is 5.69 Å². The fourth-order valence-electron chi connectivity index (χ4n) is 3.52. The number of aliphatic imine (C=N–C) groups is 1. The van der Waals surface area contributed by atoms with Gasteiger partial charge >= 0.3 is 0 Å². The van der Waals surface area contributed by atoms with Crippen molar-refractivity contribution in [2.24, 2.45) is 10.9 Å². The van der Waals surface area contributed by atoms with Crippen LogP contribution in [-0.2, 0) is 4.79 Å². The SMILES string of the molecule is CCOc1ccccc1[C@H]1C(C(=O)Nc2ccccc2)=C(C)N=C(SC)C1C#N. The molecule has 1 unspecified atom stereocenters.